The first-order valence-corrected chi connectivity index (χ1v) is 6.58. The van der Waals surface area contributed by atoms with Gasteiger partial charge >= 0.3 is 6.01 Å². The molecule has 1 aromatic carbocycles. The Kier molecular flexibility index (Phi) is 5.06. The second-order valence-corrected chi connectivity index (χ2v) is 4.34. The van der Waals surface area contributed by atoms with Crippen LogP contribution in [0.4, 0.5) is 10.3 Å². The van der Waals surface area contributed by atoms with Crippen molar-refractivity contribution in [3.8, 4) is 6.01 Å². The zero-order valence-corrected chi connectivity index (χ0v) is 11.7. The summed E-state index contributed by atoms with van der Waals surface area (Å²) in [6, 6.07) is 6.63. The highest BCUT2D eigenvalue weighted by atomic mass is 35.5. The Labute approximate surface area is 121 Å². The number of halogens is 2. The smallest absolute Gasteiger partial charge is 0.322 e. The Balaban J connectivity index is 2.05. The van der Waals surface area contributed by atoms with Crippen molar-refractivity contribution >= 4 is 17.5 Å². The van der Waals surface area contributed by atoms with Crippen molar-refractivity contribution in [2.75, 3.05) is 11.9 Å². The zero-order chi connectivity index (χ0) is 14.4. The van der Waals surface area contributed by atoms with Gasteiger partial charge in [-0.1, -0.05) is 25.1 Å². The van der Waals surface area contributed by atoms with E-state index in [1.807, 2.05) is 6.92 Å². The molecule has 1 heterocycles. The Morgan fingerprint density at radius 3 is 2.80 bits per heavy atom. The minimum absolute atomic E-state index is 0.0298. The summed E-state index contributed by atoms with van der Waals surface area (Å²) in [5.41, 5.74) is 0.514. The molecule has 0 aliphatic rings. The summed E-state index contributed by atoms with van der Waals surface area (Å²) < 4.78 is 18.8. The van der Waals surface area contributed by atoms with E-state index in [1.54, 1.807) is 18.2 Å². The van der Waals surface area contributed by atoms with Gasteiger partial charge in [-0.3, -0.25) is 0 Å². The lowest BCUT2D eigenvalue weighted by molar-refractivity contribution is 0.291. The summed E-state index contributed by atoms with van der Waals surface area (Å²) >= 11 is 5.79. The van der Waals surface area contributed by atoms with Crippen molar-refractivity contribution in [1.29, 1.82) is 0 Å². The van der Waals surface area contributed by atoms with Crippen molar-refractivity contribution < 1.29 is 9.13 Å². The number of benzene rings is 1. The molecule has 0 bridgehead atoms. The number of nitrogens with zero attached hydrogens (tertiary/aromatic N) is 3. The van der Waals surface area contributed by atoms with E-state index in [0.29, 0.717) is 12.2 Å². The molecule has 1 aromatic heterocycles. The van der Waals surface area contributed by atoms with E-state index >= 15 is 0 Å². The van der Waals surface area contributed by atoms with Gasteiger partial charge in [-0.05, 0) is 24.1 Å². The van der Waals surface area contributed by atoms with Crippen LogP contribution in [0, 0.1) is 5.82 Å². The second kappa shape index (κ2) is 7.00. The van der Waals surface area contributed by atoms with Crippen LogP contribution in [-0.4, -0.2) is 21.6 Å². The van der Waals surface area contributed by atoms with Crippen LogP contribution in [0.5, 0.6) is 6.01 Å². The summed E-state index contributed by atoms with van der Waals surface area (Å²) in [4.78, 5) is 11.8. The van der Waals surface area contributed by atoms with Gasteiger partial charge in [-0.2, -0.15) is 15.0 Å². The molecule has 0 aliphatic heterocycles. The Bertz CT molecular complexity index is 582. The van der Waals surface area contributed by atoms with Gasteiger partial charge in [0.05, 0.1) is 6.61 Å². The SMILES string of the molecule is CCCOc1nc(Cl)nc(NCc2ccccc2F)n1. The second-order valence-electron chi connectivity index (χ2n) is 4.00. The first kappa shape index (κ1) is 14.5. The number of ether oxygens (including phenoxy) is 1. The highest BCUT2D eigenvalue weighted by Crippen LogP contribution is 2.13. The van der Waals surface area contributed by atoms with E-state index in [9.17, 15) is 4.39 Å². The van der Waals surface area contributed by atoms with Crippen LogP contribution in [0.1, 0.15) is 18.9 Å². The molecule has 0 amide bonds. The minimum Gasteiger partial charge on any atom is -0.463 e. The summed E-state index contributed by atoms with van der Waals surface area (Å²) in [6.45, 7) is 2.72. The molecule has 7 heteroatoms. The number of aromatic nitrogens is 3. The summed E-state index contributed by atoms with van der Waals surface area (Å²) in [6.07, 6.45) is 0.835. The molecule has 20 heavy (non-hydrogen) atoms. The predicted molar refractivity (Wildman–Crippen MR) is 74.3 cm³/mol. The van der Waals surface area contributed by atoms with E-state index in [0.717, 1.165) is 6.42 Å². The lowest BCUT2D eigenvalue weighted by Gasteiger charge is -2.08. The number of hydrogen-bond acceptors (Lipinski definition) is 5. The molecule has 0 aliphatic carbocycles. The maximum Gasteiger partial charge on any atom is 0.322 e. The number of anilines is 1. The third-order valence-electron chi connectivity index (χ3n) is 2.42. The average Bonchev–Trinajstić information content (AvgIpc) is 2.44. The van der Waals surface area contributed by atoms with Crippen LogP contribution in [-0.2, 0) is 6.54 Å². The Hall–Kier alpha value is -1.95. The molecule has 1 N–H and O–H groups in total. The van der Waals surface area contributed by atoms with Gasteiger partial charge in [0.25, 0.3) is 0 Å². The molecule has 0 unspecified atom stereocenters. The van der Waals surface area contributed by atoms with Crippen LogP contribution < -0.4 is 10.1 Å². The van der Waals surface area contributed by atoms with Crippen LogP contribution in [0.2, 0.25) is 5.28 Å². The van der Waals surface area contributed by atoms with E-state index in [1.165, 1.54) is 6.07 Å². The highest BCUT2D eigenvalue weighted by molar-refractivity contribution is 6.28. The molecule has 106 valence electrons. The molecule has 2 aromatic rings. The molecule has 0 saturated carbocycles. The fourth-order valence-corrected chi connectivity index (χ4v) is 1.64. The van der Waals surface area contributed by atoms with E-state index in [-0.39, 0.29) is 29.6 Å². The first-order chi connectivity index (χ1) is 9.69. The van der Waals surface area contributed by atoms with Gasteiger partial charge < -0.3 is 10.1 Å². The van der Waals surface area contributed by atoms with E-state index in [2.05, 4.69) is 20.3 Å². The van der Waals surface area contributed by atoms with Gasteiger partial charge in [0.2, 0.25) is 11.2 Å². The van der Waals surface area contributed by atoms with Crippen LogP contribution in [0.15, 0.2) is 24.3 Å². The first-order valence-electron chi connectivity index (χ1n) is 6.20. The molecule has 0 radical (unpaired) electrons. The maximum absolute atomic E-state index is 13.5. The molecular formula is C13H14ClFN4O. The topological polar surface area (TPSA) is 59.9 Å². The minimum atomic E-state index is -0.289. The molecule has 5 nitrogen and oxygen atoms in total. The average molecular weight is 297 g/mol. The van der Waals surface area contributed by atoms with Gasteiger partial charge in [0.15, 0.2) is 0 Å². The molecule has 0 spiro atoms. The molecule has 0 saturated heterocycles. The third kappa shape index (κ3) is 4.03. The van der Waals surface area contributed by atoms with E-state index in [4.69, 9.17) is 16.3 Å². The van der Waals surface area contributed by atoms with Crippen molar-refractivity contribution in [3.63, 3.8) is 0 Å². The van der Waals surface area contributed by atoms with E-state index < -0.39 is 0 Å². The zero-order valence-electron chi connectivity index (χ0n) is 10.9. The van der Waals surface area contributed by atoms with Crippen molar-refractivity contribution in [1.82, 2.24) is 15.0 Å². The number of hydrogen-bond donors (Lipinski definition) is 1. The van der Waals surface area contributed by atoms with Gasteiger partial charge in [-0.15, -0.1) is 0 Å². The summed E-state index contributed by atoms with van der Waals surface area (Å²) in [7, 11) is 0. The maximum atomic E-state index is 13.5. The van der Waals surface area contributed by atoms with Crippen LogP contribution in [0.25, 0.3) is 0 Å². The van der Waals surface area contributed by atoms with Gasteiger partial charge in [-0.25, -0.2) is 4.39 Å². The molecular weight excluding hydrogens is 283 g/mol. The normalized spacial score (nSPS) is 10.3. The molecule has 0 fully saturated rings. The Morgan fingerprint density at radius 1 is 1.25 bits per heavy atom. The van der Waals surface area contributed by atoms with Crippen LogP contribution >= 0.6 is 11.6 Å². The third-order valence-corrected chi connectivity index (χ3v) is 2.59. The Morgan fingerprint density at radius 2 is 2.05 bits per heavy atom. The predicted octanol–water partition coefficient (Wildman–Crippen LogP) is 3.07. The number of rotatable bonds is 6. The van der Waals surface area contributed by atoms with Gasteiger partial charge in [0, 0.05) is 12.1 Å². The monoisotopic (exact) mass is 296 g/mol. The molecule has 2 rings (SSSR count). The largest absolute Gasteiger partial charge is 0.463 e. The van der Waals surface area contributed by atoms with Crippen molar-refractivity contribution in [2.45, 2.75) is 19.9 Å². The highest BCUT2D eigenvalue weighted by Gasteiger charge is 2.07. The van der Waals surface area contributed by atoms with Gasteiger partial charge in [0.1, 0.15) is 5.82 Å². The lowest BCUT2D eigenvalue weighted by atomic mass is 10.2. The molecule has 0 atom stereocenters. The van der Waals surface area contributed by atoms with Crippen molar-refractivity contribution in [2.24, 2.45) is 0 Å². The summed E-state index contributed by atoms with van der Waals surface area (Å²) in [5.74, 6) is -0.0398. The quantitative estimate of drug-likeness (QED) is 0.888. The standard InChI is InChI=1S/C13H14ClFN4O/c1-2-7-20-13-18-11(14)17-12(19-13)16-8-9-5-3-4-6-10(9)15/h3-6H,2,7-8H2,1H3,(H,16,17,18,19). The van der Waals surface area contributed by atoms with Crippen LogP contribution in [0.3, 0.4) is 0 Å². The fraction of sp³-hybridized carbons (Fsp3) is 0.308. The number of nitrogens with one attached hydrogen (secondary N) is 1. The fourth-order valence-electron chi connectivity index (χ4n) is 1.48. The lowest BCUT2D eigenvalue weighted by Crippen LogP contribution is -2.08. The summed E-state index contributed by atoms with van der Waals surface area (Å²) in [5, 5.41) is 2.92. The van der Waals surface area contributed by atoms with Crippen molar-refractivity contribution in [3.05, 3.63) is 40.9 Å².